The molecular formula is C27H26N6O3S. The van der Waals surface area contributed by atoms with Crippen molar-refractivity contribution in [3.8, 4) is 17.1 Å². The first-order chi connectivity index (χ1) is 18.0. The summed E-state index contributed by atoms with van der Waals surface area (Å²) in [5, 5.41) is 7.21. The van der Waals surface area contributed by atoms with Gasteiger partial charge in [0.15, 0.2) is 5.82 Å². The molecular weight excluding hydrogens is 488 g/mol. The van der Waals surface area contributed by atoms with Crippen LogP contribution in [0.15, 0.2) is 94.8 Å². The molecule has 3 aromatic carbocycles. The minimum atomic E-state index is -3.76. The Balaban J connectivity index is 1.35. The molecule has 1 aliphatic rings. The Morgan fingerprint density at radius 3 is 2.27 bits per heavy atom. The largest absolute Gasteiger partial charge is 0.319 e. The fourth-order valence-electron chi connectivity index (χ4n) is 4.01. The number of rotatable bonds is 6. The van der Waals surface area contributed by atoms with Gasteiger partial charge in [0.1, 0.15) is 5.84 Å². The van der Waals surface area contributed by atoms with Crippen molar-refractivity contribution in [1.29, 1.82) is 0 Å². The molecule has 0 spiro atoms. The van der Waals surface area contributed by atoms with E-state index in [0.29, 0.717) is 30.3 Å². The second-order valence-electron chi connectivity index (χ2n) is 8.60. The standard InChI is InChI=1S/C27H26N6O3S/c34-27(25-30-26(20-10-4-1-5-11-20)33(31-25)22-12-6-2-7-13-22)29-21-15-17-23(18-16-21)37(35,36)32-24-14-8-3-9-19-28-24/h1-2,4-7,10-13,15-18H,3,8-9,14,19H2,(H,28,32)(H,29,34). The number of aromatic nitrogens is 3. The first kappa shape index (κ1) is 24.4. The van der Waals surface area contributed by atoms with E-state index in [0.717, 1.165) is 30.5 Å². The zero-order valence-electron chi connectivity index (χ0n) is 20.0. The molecule has 0 saturated heterocycles. The lowest BCUT2D eigenvalue weighted by Gasteiger charge is -2.10. The van der Waals surface area contributed by atoms with E-state index in [9.17, 15) is 13.2 Å². The number of carbonyl (C=O) groups excluding carboxylic acids is 1. The molecule has 188 valence electrons. The number of hydrogen-bond acceptors (Lipinski definition) is 6. The van der Waals surface area contributed by atoms with E-state index in [1.165, 1.54) is 24.3 Å². The minimum Gasteiger partial charge on any atom is -0.319 e. The summed E-state index contributed by atoms with van der Waals surface area (Å²) in [6.07, 6.45) is 3.52. The summed E-state index contributed by atoms with van der Waals surface area (Å²) in [7, 11) is -3.76. The van der Waals surface area contributed by atoms with Crippen molar-refractivity contribution in [3.05, 3.63) is 90.8 Å². The minimum absolute atomic E-state index is 0.00699. The fourth-order valence-corrected chi connectivity index (χ4v) is 5.10. The van der Waals surface area contributed by atoms with Crippen LogP contribution in [0.25, 0.3) is 17.1 Å². The van der Waals surface area contributed by atoms with Crippen LogP contribution >= 0.6 is 0 Å². The van der Waals surface area contributed by atoms with Gasteiger partial charge in [-0.1, -0.05) is 55.0 Å². The van der Waals surface area contributed by atoms with Crippen LogP contribution in [0.3, 0.4) is 0 Å². The smallest absolute Gasteiger partial charge is 0.295 e. The molecule has 1 aromatic heterocycles. The van der Waals surface area contributed by atoms with Gasteiger partial charge >= 0.3 is 0 Å². The molecule has 1 aliphatic heterocycles. The second kappa shape index (κ2) is 10.8. The van der Waals surface area contributed by atoms with Crippen LogP contribution in [0.2, 0.25) is 0 Å². The third-order valence-electron chi connectivity index (χ3n) is 5.89. The molecule has 0 unspecified atom stereocenters. The Labute approximate surface area is 215 Å². The van der Waals surface area contributed by atoms with Gasteiger partial charge < -0.3 is 5.32 Å². The predicted molar refractivity (Wildman–Crippen MR) is 142 cm³/mol. The molecule has 0 fully saturated rings. The van der Waals surface area contributed by atoms with Crippen molar-refractivity contribution in [2.75, 3.05) is 11.9 Å². The lowest BCUT2D eigenvalue weighted by molar-refractivity contribution is 0.101. The van der Waals surface area contributed by atoms with Crippen LogP contribution in [0.4, 0.5) is 5.69 Å². The quantitative estimate of drug-likeness (QED) is 0.394. The van der Waals surface area contributed by atoms with Gasteiger partial charge in [-0.3, -0.25) is 14.5 Å². The van der Waals surface area contributed by atoms with E-state index in [4.69, 9.17) is 0 Å². The van der Waals surface area contributed by atoms with Gasteiger partial charge in [0.05, 0.1) is 10.6 Å². The number of nitrogens with zero attached hydrogens (tertiary/aromatic N) is 4. The van der Waals surface area contributed by atoms with Gasteiger partial charge in [-0.15, -0.1) is 5.10 Å². The Hall–Kier alpha value is -4.31. The number of nitrogens with one attached hydrogen (secondary N) is 2. The predicted octanol–water partition coefficient (Wildman–Crippen LogP) is 4.44. The number of carbonyl (C=O) groups is 1. The maximum Gasteiger partial charge on any atom is 0.295 e. The Morgan fingerprint density at radius 2 is 1.54 bits per heavy atom. The van der Waals surface area contributed by atoms with Gasteiger partial charge in [-0.05, 0) is 49.2 Å². The number of sulfonamides is 1. The van der Waals surface area contributed by atoms with Crippen molar-refractivity contribution in [3.63, 3.8) is 0 Å². The first-order valence-corrected chi connectivity index (χ1v) is 13.5. The molecule has 0 radical (unpaired) electrons. The zero-order chi connectivity index (χ0) is 25.7. The summed E-state index contributed by atoms with van der Waals surface area (Å²) in [4.78, 5) is 22.0. The lowest BCUT2D eigenvalue weighted by Crippen LogP contribution is -2.30. The summed E-state index contributed by atoms with van der Waals surface area (Å²) in [5.74, 6) is 0.510. The highest BCUT2D eigenvalue weighted by Gasteiger charge is 2.20. The highest BCUT2D eigenvalue weighted by molar-refractivity contribution is 7.90. The molecule has 37 heavy (non-hydrogen) atoms. The van der Waals surface area contributed by atoms with E-state index in [-0.39, 0.29) is 10.7 Å². The van der Waals surface area contributed by atoms with Gasteiger partial charge in [0.25, 0.3) is 15.9 Å². The monoisotopic (exact) mass is 514 g/mol. The second-order valence-corrected chi connectivity index (χ2v) is 10.3. The molecule has 10 heteroatoms. The highest BCUT2D eigenvalue weighted by Crippen LogP contribution is 2.22. The molecule has 1 amide bonds. The lowest BCUT2D eigenvalue weighted by atomic mass is 10.2. The third-order valence-corrected chi connectivity index (χ3v) is 7.29. The van der Waals surface area contributed by atoms with E-state index in [2.05, 4.69) is 25.1 Å². The molecule has 2 heterocycles. The maximum atomic E-state index is 13.0. The molecule has 5 rings (SSSR count). The Kier molecular flexibility index (Phi) is 7.09. The van der Waals surface area contributed by atoms with Crippen molar-refractivity contribution in [2.24, 2.45) is 4.99 Å². The number of hydrogen-bond donors (Lipinski definition) is 2. The number of para-hydroxylation sites is 1. The van der Waals surface area contributed by atoms with Gasteiger partial charge in [-0.25, -0.2) is 18.1 Å². The first-order valence-electron chi connectivity index (χ1n) is 12.0. The number of amidine groups is 1. The molecule has 4 aromatic rings. The Bertz CT molecular complexity index is 1460. The van der Waals surface area contributed by atoms with E-state index in [1.54, 1.807) is 4.68 Å². The van der Waals surface area contributed by atoms with Crippen molar-refractivity contribution in [1.82, 2.24) is 19.5 Å². The zero-order valence-corrected chi connectivity index (χ0v) is 20.9. The van der Waals surface area contributed by atoms with Crippen molar-refractivity contribution in [2.45, 2.75) is 30.6 Å². The van der Waals surface area contributed by atoms with Crippen molar-refractivity contribution < 1.29 is 13.2 Å². The maximum absolute atomic E-state index is 13.0. The SMILES string of the molecule is O=C(Nc1ccc(S(=O)(=O)NC2=NCCCCC2)cc1)c1nc(-c2ccccc2)n(-c2ccccc2)n1. The third kappa shape index (κ3) is 5.75. The summed E-state index contributed by atoms with van der Waals surface area (Å²) in [6, 6.07) is 24.9. The molecule has 0 saturated carbocycles. The van der Waals surface area contributed by atoms with Crippen LogP contribution in [0, 0.1) is 0 Å². The summed E-state index contributed by atoms with van der Waals surface area (Å²) >= 11 is 0. The van der Waals surface area contributed by atoms with Crippen molar-refractivity contribution >= 4 is 27.5 Å². The normalized spacial score (nSPS) is 13.9. The van der Waals surface area contributed by atoms with E-state index < -0.39 is 15.9 Å². The number of anilines is 1. The molecule has 2 N–H and O–H groups in total. The summed E-state index contributed by atoms with van der Waals surface area (Å²) < 4.78 is 29.8. The van der Waals surface area contributed by atoms with Crippen LogP contribution in [-0.4, -0.2) is 41.5 Å². The number of benzene rings is 3. The molecule has 0 bridgehead atoms. The average molecular weight is 515 g/mol. The molecule has 9 nitrogen and oxygen atoms in total. The average Bonchev–Trinajstić information content (AvgIpc) is 3.22. The van der Waals surface area contributed by atoms with Crippen LogP contribution in [-0.2, 0) is 10.0 Å². The van der Waals surface area contributed by atoms with E-state index in [1.807, 2.05) is 60.7 Å². The Morgan fingerprint density at radius 1 is 0.838 bits per heavy atom. The summed E-state index contributed by atoms with van der Waals surface area (Å²) in [6.45, 7) is 0.628. The van der Waals surface area contributed by atoms with E-state index >= 15 is 0 Å². The summed E-state index contributed by atoms with van der Waals surface area (Å²) in [5.41, 5.74) is 2.01. The molecule has 0 aliphatic carbocycles. The van der Waals surface area contributed by atoms with Gasteiger partial charge in [0.2, 0.25) is 5.82 Å². The van der Waals surface area contributed by atoms with Crippen LogP contribution < -0.4 is 10.0 Å². The van der Waals surface area contributed by atoms with Crippen LogP contribution in [0.1, 0.15) is 36.3 Å². The topological polar surface area (TPSA) is 118 Å². The van der Waals surface area contributed by atoms with Crippen LogP contribution in [0.5, 0.6) is 0 Å². The highest BCUT2D eigenvalue weighted by atomic mass is 32.2. The van der Waals surface area contributed by atoms with Gasteiger partial charge in [0, 0.05) is 24.2 Å². The van der Waals surface area contributed by atoms with Gasteiger partial charge in [-0.2, -0.15) is 0 Å². The fraction of sp³-hybridized carbons (Fsp3) is 0.185. The number of aliphatic imine (C=N–C) groups is 1. The molecule has 0 atom stereocenters. The number of amides is 1.